The smallest absolute Gasteiger partial charge is 0.251 e. The van der Waals surface area contributed by atoms with Gasteiger partial charge in [0.1, 0.15) is 5.65 Å². The first-order valence-electron chi connectivity index (χ1n) is 11.1. The highest BCUT2D eigenvalue weighted by atomic mass is 16.2. The highest BCUT2D eigenvalue weighted by Gasteiger charge is 2.47. The second kappa shape index (κ2) is 7.84. The number of rotatable bonds is 5. The summed E-state index contributed by atoms with van der Waals surface area (Å²) in [6.45, 7) is 4.22. The van der Waals surface area contributed by atoms with E-state index in [9.17, 15) is 9.59 Å². The zero-order valence-electron chi connectivity index (χ0n) is 17.9. The molecule has 1 aromatic carbocycles. The van der Waals surface area contributed by atoms with Gasteiger partial charge < -0.3 is 14.6 Å². The molecule has 2 aromatic heterocycles. The number of likely N-dealkylation sites (tertiary alicyclic amines) is 1. The van der Waals surface area contributed by atoms with Gasteiger partial charge >= 0.3 is 0 Å². The van der Waals surface area contributed by atoms with Gasteiger partial charge in [-0.25, -0.2) is 4.98 Å². The highest BCUT2D eigenvalue weighted by molar-refractivity contribution is 5.94. The van der Waals surface area contributed by atoms with Gasteiger partial charge in [-0.1, -0.05) is 19.1 Å². The molecule has 5 rings (SSSR count). The Morgan fingerprint density at radius 1 is 1.10 bits per heavy atom. The molecule has 0 radical (unpaired) electrons. The highest BCUT2D eigenvalue weighted by Crippen LogP contribution is 2.47. The van der Waals surface area contributed by atoms with Crippen molar-refractivity contribution in [1.29, 1.82) is 0 Å². The minimum atomic E-state index is -0.0772. The van der Waals surface area contributed by atoms with E-state index >= 15 is 0 Å². The molecule has 1 saturated carbocycles. The zero-order valence-corrected chi connectivity index (χ0v) is 17.9. The van der Waals surface area contributed by atoms with Crippen LogP contribution < -0.4 is 5.32 Å². The van der Waals surface area contributed by atoms with E-state index in [1.54, 1.807) is 6.20 Å². The van der Waals surface area contributed by atoms with Crippen LogP contribution in [0.2, 0.25) is 0 Å². The number of hydrogen-bond donors (Lipinski definition) is 1. The van der Waals surface area contributed by atoms with Gasteiger partial charge in [-0.15, -0.1) is 0 Å². The van der Waals surface area contributed by atoms with Crippen molar-refractivity contribution in [2.45, 2.75) is 45.1 Å². The van der Waals surface area contributed by atoms with E-state index < -0.39 is 0 Å². The van der Waals surface area contributed by atoms with E-state index in [1.165, 1.54) is 5.56 Å². The predicted octanol–water partition coefficient (Wildman–Crippen LogP) is 3.77. The topological polar surface area (TPSA) is 66.7 Å². The Balaban J connectivity index is 1.15. The SMILES string of the molecule is CC1(C(=O)N2CCC(c3ccc(C(=O)NCc4ccn5ccnc5c4)cc3)CC2)CC1. The Morgan fingerprint density at radius 2 is 1.84 bits per heavy atom. The molecule has 3 aromatic rings. The van der Waals surface area contributed by atoms with Crippen molar-refractivity contribution >= 4 is 17.5 Å². The molecule has 1 aliphatic carbocycles. The number of piperidine rings is 1. The second-order valence-corrected chi connectivity index (χ2v) is 9.16. The van der Waals surface area contributed by atoms with E-state index in [-0.39, 0.29) is 11.3 Å². The van der Waals surface area contributed by atoms with Crippen LogP contribution in [-0.2, 0) is 11.3 Å². The zero-order chi connectivity index (χ0) is 21.4. The summed E-state index contributed by atoms with van der Waals surface area (Å²) in [5, 5.41) is 2.99. The first-order valence-corrected chi connectivity index (χ1v) is 11.1. The lowest BCUT2D eigenvalue weighted by Crippen LogP contribution is -2.41. The Kier molecular flexibility index (Phi) is 5.00. The first-order chi connectivity index (χ1) is 15.0. The lowest BCUT2D eigenvalue weighted by Gasteiger charge is -2.34. The summed E-state index contributed by atoms with van der Waals surface area (Å²) in [5.41, 5.74) is 3.73. The summed E-state index contributed by atoms with van der Waals surface area (Å²) >= 11 is 0. The average Bonchev–Trinajstić information content (AvgIpc) is 3.39. The Morgan fingerprint density at radius 3 is 2.55 bits per heavy atom. The van der Waals surface area contributed by atoms with Crippen LogP contribution in [0.5, 0.6) is 0 Å². The molecule has 1 aliphatic heterocycles. The van der Waals surface area contributed by atoms with Crippen molar-refractivity contribution in [2.24, 2.45) is 5.41 Å². The summed E-state index contributed by atoms with van der Waals surface area (Å²) in [5.74, 6) is 0.715. The molecule has 3 heterocycles. The molecule has 0 atom stereocenters. The number of pyridine rings is 1. The molecule has 2 fully saturated rings. The standard InChI is InChI=1S/C25H28N4O2/c1-25(9-10-25)24(31)29-13-7-20(8-14-29)19-2-4-21(5-3-19)23(30)27-17-18-6-12-28-15-11-26-22(28)16-18/h2-6,11-12,15-16,20H,7-10,13-14,17H2,1H3,(H,27,30). The van der Waals surface area contributed by atoms with Gasteiger partial charge in [0, 0.05) is 49.2 Å². The number of amides is 2. The number of nitrogens with one attached hydrogen (secondary N) is 1. The summed E-state index contributed by atoms with van der Waals surface area (Å²) < 4.78 is 1.94. The average molecular weight is 417 g/mol. The van der Waals surface area contributed by atoms with E-state index in [4.69, 9.17) is 0 Å². The molecule has 160 valence electrons. The first kappa shape index (κ1) is 19.8. The van der Waals surface area contributed by atoms with Gasteiger partial charge in [-0.3, -0.25) is 9.59 Å². The molecular weight excluding hydrogens is 388 g/mol. The van der Waals surface area contributed by atoms with Crippen LogP contribution in [0.15, 0.2) is 55.0 Å². The maximum atomic E-state index is 12.6. The lowest BCUT2D eigenvalue weighted by atomic mass is 9.88. The van der Waals surface area contributed by atoms with Crippen LogP contribution in [0.3, 0.4) is 0 Å². The molecule has 1 N–H and O–H groups in total. The van der Waals surface area contributed by atoms with Crippen LogP contribution >= 0.6 is 0 Å². The number of carbonyl (C=O) groups is 2. The molecule has 2 amide bonds. The Hall–Kier alpha value is -3.15. The third-order valence-corrected chi connectivity index (χ3v) is 6.86. The second-order valence-electron chi connectivity index (χ2n) is 9.16. The quantitative estimate of drug-likeness (QED) is 0.689. The predicted molar refractivity (Wildman–Crippen MR) is 119 cm³/mol. The van der Waals surface area contributed by atoms with Crippen molar-refractivity contribution in [2.75, 3.05) is 13.1 Å². The molecule has 31 heavy (non-hydrogen) atoms. The van der Waals surface area contributed by atoms with E-state index in [1.807, 2.05) is 46.0 Å². The van der Waals surface area contributed by atoms with Crippen LogP contribution in [-0.4, -0.2) is 39.2 Å². The number of fused-ring (bicyclic) bond motifs is 1. The van der Waals surface area contributed by atoms with Crippen molar-refractivity contribution in [3.63, 3.8) is 0 Å². The van der Waals surface area contributed by atoms with E-state index in [0.29, 0.717) is 23.9 Å². The summed E-state index contributed by atoms with van der Waals surface area (Å²) in [4.78, 5) is 31.4. The number of carbonyl (C=O) groups excluding carboxylic acids is 2. The summed E-state index contributed by atoms with van der Waals surface area (Å²) in [6, 6.07) is 11.9. The monoisotopic (exact) mass is 416 g/mol. The number of benzene rings is 1. The van der Waals surface area contributed by atoms with Crippen molar-refractivity contribution in [3.05, 3.63) is 71.7 Å². The maximum Gasteiger partial charge on any atom is 0.251 e. The van der Waals surface area contributed by atoms with Gasteiger partial charge in [0.05, 0.1) is 0 Å². The van der Waals surface area contributed by atoms with Crippen LogP contribution in [0.25, 0.3) is 5.65 Å². The van der Waals surface area contributed by atoms with Crippen molar-refractivity contribution in [3.8, 4) is 0 Å². The Labute approximate surface area is 182 Å². The molecular formula is C25H28N4O2. The largest absolute Gasteiger partial charge is 0.348 e. The summed E-state index contributed by atoms with van der Waals surface area (Å²) in [7, 11) is 0. The van der Waals surface area contributed by atoms with Gasteiger partial charge in [-0.2, -0.15) is 0 Å². The Bertz CT molecular complexity index is 1110. The third-order valence-electron chi connectivity index (χ3n) is 6.86. The fourth-order valence-corrected chi connectivity index (χ4v) is 4.45. The van der Waals surface area contributed by atoms with Crippen LogP contribution in [0.4, 0.5) is 0 Å². The van der Waals surface area contributed by atoms with E-state index in [2.05, 4.69) is 29.4 Å². The minimum absolute atomic E-state index is 0.0761. The van der Waals surface area contributed by atoms with Gasteiger partial charge in [0.25, 0.3) is 5.91 Å². The maximum absolute atomic E-state index is 12.6. The summed E-state index contributed by atoms with van der Waals surface area (Å²) in [6.07, 6.45) is 9.65. The molecule has 2 aliphatic rings. The number of imidazole rings is 1. The molecule has 0 spiro atoms. The minimum Gasteiger partial charge on any atom is -0.348 e. The molecule has 6 nitrogen and oxygen atoms in total. The number of hydrogen-bond acceptors (Lipinski definition) is 3. The normalized spacial score (nSPS) is 18.2. The van der Waals surface area contributed by atoms with Crippen molar-refractivity contribution in [1.82, 2.24) is 19.6 Å². The van der Waals surface area contributed by atoms with E-state index in [0.717, 1.165) is 50.0 Å². The number of aromatic nitrogens is 2. The van der Waals surface area contributed by atoms with Crippen molar-refractivity contribution < 1.29 is 9.59 Å². The van der Waals surface area contributed by atoms with Gasteiger partial charge in [-0.05, 0) is 67.0 Å². The van der Waals surface area contributed by atoms with Crippen LogP contribution in [0.1, 0.15) is 60.0 Å². The molecule has 0 unspecified atom stereocenters. The lowest BCUT2D eigenvalue weighted by molar-refractivity contribution is -0.137. The molecule has 0 bridgehead atoms. The van der Waals surface area contributed by atoms with Gasteiger partial charge in [0.15, 0.2) is 0 Å². The number of nitrogens with zero attached hydrogens (tertiary/aromatic N) is 3. The molecule has 6 heteroatoms. The van der Waals surface area contributed by atoms with Crippen LogP contribution in [0, 0.1) is 5.41 Å². The third kappa shape index (κ3) is 4.07. The molecule has 1 saturated heterocycles. The fraction of sp³-hybridized carbons (Fsp3) is 0.400. The fourth-order valence-electron chi connectivity index (χ4n) is 4.45. The van der Waals surface area contributed by atoms with Gasteiger partial charge in [0.2, 0.25) is 5.91 Å².